The Bertz CT molecular complexity index is 1310. The van der Waals surface area contributed by atoms with Crippen molar-refractivity contribution in [1.82, 2.24) is 9.55 Å². The quantitative estimate of drug-likeness (QED) is 0.301. The van der Waals surface area contributed by atoms with Crippen LogP contribution in [-0.2, 0) is 23.1 Å². The number of hydrogen-bond acceptors (Lipinski definition) is 6. The molecular formula is C29H29N3O4S. The molecule has 2 N–H and O–H groups in total. The molecule has 5 rings (SSSR count). The number of thioether (sulfide) groups is 1. The Labute approximate surface area is 220 Å². The second kappa shape index (κ2) is 11.7. The Morgan fingerprint density at radius 1 is 1.03 bits per heavy atom. The van der Waals surface area contributed by atoms with Crippen molar-refractivity contribution in [1.29, 1.82) is 0 Å². The largest absolute Gasteiger partial charge is 0.392 e. The summed E-state index contributed by atoms with van der Waals surface area (Å²) in [5.41, 5.74) is 4.09. The van der Waals surface area contributed by atoms with Gasteiger partial charge in [-0.2, -0.15) is 0 Å². The van der Waals surface area contributed by atoms with Crippen LogP contribution in [0.15, 0.2) is 96.4 Å². The smallest absolute Gasteiger partial charge is 0.255 e. The lowest BCUT2D eigenvalue weighted by Gasteiger charge is -2.36. The highest BCUT2D eigenvalue weighted by molar-refractivity contribution is 7.99. The van der Waals surface area contributed by atoms with Crippen LogP contribution in [0.5, 0.6) is 0 Å². The van der Waals surface area contributed by atoms with E-state index in [-0.39, 0.29) is 24.7 Å². The van der Waals surface area contributed by atoms with Crippen LogP contribution in [0.1, 0.15) is 45.9 Å². The number of aliphatic hydroxyl groups excluding tert-OH is 1. The molecule has 1 fully saturated rings. The van der Waals surface area contributed by atoms with Gasteiger partial charge in [0.05, 0.1) is 18.8 Å². The van der Waals surface area contributed by atoms with Crippen molar-refractivity contribution >= 4 is 23.4 Å². The summed E-state index contributed by atoms with van der Waals surface area (Å²) in [7, 11) is 1.98. The highest BCUT2D eigenvalue weighted by Gasteiger charge is 2.32. The molecule has 1 amide bonds. The summed E-state index contributed by atoms with van der Waals surface area (Å²) in [6, 6.07) is 24.5. The van der Waals surface area contributed by atoms with E-state index in [0.29, 0.717) is 17.7 Å². The fraction of sp³-hybridized carbons (Fsp3) is 0.241. The molecule has 0 aliphatic carbocycles. The molecule has 3 atom stereocenters. The topological polar surface area (TPSA) is 85.6 Å². The predicted octanol–water partition coefficient (Wildman–Crippen LogP) is 5.50. The number of ether oxygens (including phenoxy) is 2. The third-order valence-corrected chi connectivity index (χ3v) is 7.46. The molecule has 0 spiro atoms. The second-order valence-electron chi connectivity index (χ2n) is 8.92. The van der Waals surface area contributed by atoms with Crippen molar-refractivity contribution in [3.8, 4) is 0 Å². The van der Waals surface area contributed by atoms with Gasteiger partial charge in [-0.05, 0) is 35.4 Å². The van der Waals surface area contributed by atoms with Crippen molar-refractivity contribution in [2.24, 2.45) is 7.05 Å². The van der Waals surface area contributed by atoms with Crippen LogP contribution < -0.4 is 5.32 Å². The molecule has 1 aliphatic rings. The number of aromatic nitrogens is 2. The second-order valence-corrected chi connectivity index (χ2v) is 9.91. The molecule has 37 heavy (non-hydrogen) atoms. The number of aryl methyl sites for hydroxylation is 1. The minimum Gasteiger partial charge on any atom is -0.392 e. The number of hydrogen-bond donors (Lipinski definition) is 2. The van der Waals surface area contributed by atoms with Crippen molar-refractivity contribution in [3.63, 3.8) is 0 Å². The number of benzene rings is 3. The number of nitrogens with one attached hydrogen (secondary N) is 1. The van der Waals surface area contributed by atoms with Gasteiger partial charge in [-0.15, -0.1) is 0 Å². The number of nitrogens with zero attached hydrogens (tertiary/aromatic N) is 2. The zero-order chi connectivity index (χ0) is 25.6. The normalized spacial score (nSPS) is 19.5. The minimum absolute atomic E-state index is 0.00757. The number of carbonyl (C=O) groups is 1. The lowest BCUT2D eigenvalue weighted by molar-refractivity contribution is -0.245. The Morgan fingerprint density at radius 3 is 2.43 bits per heavy atom. The SMILES string of the molecule is Cn1ccnc1SC[C@@H]1C[C@H](c2ccc(CO)cc2)O[C@H](c2ccc(NC(=O)c3ccccc3)cc2)O1. The lowest BCUT2D eigenvalue weighted by Crippen LogP contribution is -2.31. The first-order valence-corrected chi connectivity index (χ1v) is 13.1. The van der Waals surface area contributed by atoms with E-state index in [4.69, 9.17) is 9.47 Å². The summed E-state index contributed by atoms with van der Waals surface area (Å²) >= 11 is 1.66. The van der Waals surface area contributed by atoms with Crippen molar-refractivity contribution < 1.29 is 19.4 Å². The number of carbonyl (C=O) groups excluding carboxylic acids is 1. The molecule has 3 aromatic carbocycles. The molecule has 1 saturated heterocycles. The Kier molecular flexibility index (Phi) is 8.01. The molecule has 1 aliphatic heterocycles. The van der Waals surface area contributed by atoms with Crippen LogP contribution in [0.25, 0.3) is 0 Å². The van der Waals surface area contributed by atoms with Gasteiger partial charge in [0, 0.05) is 48.4 Å². The summed E-state index contributed by atoms with van der Waals surface area (Å²) in [5.74, 6) is 0.581. The first-order chi connectivity index (χ1) is 18.1. The molecular weight excluding hydrogens is 486 g/mol. The zero-order valence-corrected chi connectivity index (χ0v) is 21.3. The molecule has 7 nitrogen and oxygen atoms in total. The highest BCUT2D eigenvalue weighted by Crippen LogP contribution is 2.39. The number of amides is 1. The van der Waals surface area contributed by atoms with Crippen LogP contribution in [0.3, 0.4) is 0 Å². The van der Waals surface area contributed by atoms with Crippen LogP contribution >= 0.6 is 11.8 Å². The van der Waals surface area contributed by atoms with Gasteiger partial charge in [0.25, 0.3) is 5.91 Å². The van der Waals surface area contributed by atoms with E-state index in [1.807, 2.05) is 84.5 Å². The molecule has 0 bridgehead atoms. The molecule has 2 heterocycles. The first kappa shape index (κ1) is 25.2. The molecule has 1 aromatic heterocycles. The van der Waals surface area contributed by atoms with Gasteiger partial charge < -0.3 is 24.5 Å². The van der Waals surface area contributed by atoms with Gasteiger partial charge in [0.2, 0.25) is 0 Å². The van der Waals surface area contributed by atoms with Crippen LogP contribution in [0.4, 0.5) is 5.69 Å². The van der Waals surface area contributed by atoms with Crippen LogP contribution in [0.2, 0.25) is 0 Å². The number of imidazole rings is 1. The monoisotopic (exact) mass is 515 g/mol. The summed E-state index contributed by atoms with van der Waals surface area (Å²) in [6.07, 6.45) is 3.66. The van der Waals surface area contributed by atoms with Crippen molar-refractivity contribution in [2.45, 2.75) is 36.7 Å². The first-order valence-electron chi connectivity index (χ1n) is 12.2. The Balaban J connectivity index is 1.31. The number of rotatable bonds is 8. The van der Waals surface area contributed by atoms with Gasteiger partial charge in [-0.1, -0.05) is 66.4 Å². The molecule has 190 valence electrons. The van der Waals surface area contributed by atoms with Gasteiger partial charge in [0.1, 0.15) is 0 Å². The standard InChI is InChI=1S/C29H29N3O4S/c1-32-16-15-30-29(32)37-19-25-17-26(21-9-7-20(18-33)8-10-21)36-28(35-25)23-11-13-24(14-12-23)31-27(34)22-5-3-2-4-6-22/h2-16,25-26,28,33H,17-19H2,1H3,(H,31,34)/t25-,26+,28+/m0/s1. The fourth-order valence-corrected chi connectivity index (χ4v) is 5.15. The maximum absolute atomic E-state index is 12.5. The Hall–Kier alpha value is -3.43. The number of anilines is 1. The van der Waals surface area contributed by atoms with E-state index in [1.165, 1.54) is 0 Å². The van der Waals surface area contributed by atoms with Crippen molar-refractivity contribution in [3.05, 3.63) is 114 Å². The molecule has 0 saturated carbocycles. The minimum atomic E-state index is -0.554. The summed E-state index contributed by atoms with van der Waals surface area (Å²) in [4.78, 5) is 16.9. The fourth-order valence-electron chi connectivity index (χ4n) is 4.20. The number of aliphatic hydroxyl groups is 1. The zero-order valence-electron chi connectivity index (χ0n) is 20.5. The van der Waals surface area contributed by atoms with Gasteiger partial charge in [-0.3, -0.25) is 4.79 Å². The van der Waals surface area contributed by atoms with Gasteiger partial charge in [0.15, 0.2) is 11.4 Å². The third-order valence-electron chi connectivity index (χ3n) is 6.27. The summed E-state index contributed by atoms with van der Waals surface area (Å²) in [6.45, 7) is 0.00757. The summed E-state index contributed by atoms with van der Waals surface area (Å²) < 4.78 is 14.8. The summed E-state index contributed by atoms with van der Waals surface area (Å²) in [5, 5.41) is 13.3. The van der Waals surface area contributed by atoms with Crippen LogP contribution in [-0.4, -0.2) is 32.4 Å². The molecule has 4 aromatic rings. The van der Waals surface area contributed by atoms with E-state index >= 15 is 0 Å². The molecule has 8 heteroatoms. The third kappa shape index (κ3) is 6.29. The van der Waals surface area contributed by atoms with Crippen LogP contribution in [0, 0.1) is 0 Å². The average molecular weight is 516 g/mol. The van der Waals surface area contributed by atoms with Crippen molar-refractivity contribution in [2.75, 3.05) is 11.1 Å². The van der Waals surface area contributed by atoms with E-state index in [1.54, 1.807) is 30.1 Å². The van der Waals surface area contributed by atoms with E-state index in [0.717, 1.165) is 27.6 Å². The van der Waals surface area contributed by atoms with E-state index < -0.39 is 6.29 Å². The molecule has 0 radical (unpaired) electrons. The lowest BCUT2D eigenvalue weighted by atomic mass is 10.0. The maximum atomic E-state index is 12.5. The molecule has 0 unspecified atom stereocenters. The Morgan fingerprint density at radius 2 is 1.76 bits per heavy atom. The average Bonchev–Trinajstić information content (AvgIpc) is 3.37. The van der Waals surface area contributed by atoms with Gasteiger partial charge >= 0.3 is 0 Å². The maximum Gasteiger partial charge on any atom is 0.255 e. The van der Waals surface area contributed by atoms with Gasteiger partial charge in [-0.25, -0.2) is 4.98 Å². The highest BCUT2D eigenvalue weighted by atomic mass is 32.2. The van der Waals surface area contributed by atoms with E-state index in [9.17, 15) is 9.90 Å². The van der Waals surface area contributed by atoms with E-state index in [2.05, 4.69) is 10.3 Å². The predicted molar refractivity (Wildman–Crippen MR) is 143 cm³/mol.